The Kier molecular flexibility index (Phi) is 4.50. The molecule has 0 fully saturated rings. The standard InChI is InChI=1S/C21H17FN2O4/c22-16-4-1-2-5-17(16)23-18-6-3-7-19(25)21(18)15(12-20(23)26)13-8-10-14(11-9-13)24(27)28/h1-2,4-5,8-11,15H,3,6-7,12H2/t15-/m0/s1. The molecule has 0 saturated heterocycles. The van der Waals surface area contributed by atoms with Crippen molar-refractivity contribution in [3.8, 4) is 0 Å². The van der Waals surface area contributed by atoms with E-state index in [4.69, 9.17) is 0 Å². The quantitative estimate of drug-likeness (QED) is 0.589. The van der Waals surface area contributed by atoms with Crippen molar-refractivity contribution < 1.29 is 18.9 Å². The molecule has 1 aliphatic heterocycles. The number of nitrogens with zero attached hydrogens (tertiary/aromatic N) is 2. The lowest BCUT2D eigenvalue weighted by Crippen LogP contribution is -2.41. The second-order valence-electron chi connectivity index (χ2n) is 6.92. The maximum Gasteiger partial charge on any atom is 0.269 e. The van der Waals surface area contributed by atoms with Gasteiger partial charge < -0.3 is 0 Å². The van der Waals surface area contributed by atoms with Gasteiger partial charge in [-0.3, -0.25) is 24.6 Å². The highest BCUT2D eigenvalue weighted by Crippen LogP contribution is 2.43. The number of para-hydroxylation sites is 1. The Morgan fingerprint density at radius 3 is 2.43 bits per heavy atom. The minimum atomic E-state index is -0.519. The number of halogens is 1. The third-order valence-corrected chi connectivity index (χ3v) is 5.27. The van der Waals surface area contributed by atoms with Crippen molar-refractivity contribution in [2.24, 2.45) is 0 Å². The van der Waals surface area contributed by atoms with Crippen molar-refractivity contribution in [2.75, 3.05) is 4.90 Å². The number of amides is 1. The Balaban J connectivity index is 1.83. The largest absolute Gasteiger partial charge is 0.294 e. The summed E-state index contributed by atoms with van der Waals surface area (Å²) < 4.78 is 14.4. The van der Waals surface area contributed by atoms with Gasteiger partial charge in [-0.1, -0.05) is 24.3 Å². The molecule has 1 aliphatic carbocycles. The number of hydrogen-bond acceptors (Lipinski definition) is 4. The van der Waals surface area contributed by atoms with Gasteiger partial charge in [-0.05, 0) is 30.5 Å². The molecular weight excluding hydrogens is 363 g/mol. The third-order valence-electron chi connectivity index (χ3n) is 5.27. The molecular formula is C21H17FN2O4. The fourth-order valence-corrected chi connectivity index (χ4v) is 4.02. The van der Waals surface area contributed by atoms with Crippen molar-refractivity contribution >= 4 is 23.1 Å². The highest BCUT2D eigenvalue weighted by atomic mass is 19.1. The number of anilines is 1. The van der Waals surface area contributed by atoms with Crippen LogP contribution in [-0.4, -0.2) is 16.6 Å². The van der Waals surface area contributed by atoms with Crippen LogP contribution in [0.2, 0.25) is 0 Å². The summed E-state index contributed by atoms with van der Waals surface area (Å²) in [5.74, 6) is -1.34. The van der Waals surface area contributed by atoms with E-state index in [1.54, 1.807) is 24.3 Å². The van der Waals surface area contributed by atoms with Crippen LogP contribution in [0.5, 0.6) is 0 Å². The summed E-state index contributed by atoms with van der Waals surface area (Å²) in [5.41, 5.74) is 1.83. The molecule has 1 atom stereocenters. The zero-order chi connectivity index (χ0) is 19.8. The molecule has 1 heterocycles. The van der Waals surface area contributed by atoms with Crippen molar-refractivity contribution in [1.82, 2.24) is 0 Å². The predicted molar refractivity (Wildman–Crippen MR) is 100 cm³/mol. The second kappa shape index (κ2) is 6.99. The molecule has 2 aromatic rings. The first kappa shape index (κ1) is 18.0. The van der Waals surface area contributed by atoms with Gasteiger partial charge in [-0.25, -0.2) is 4.39 Å². The van der Waals surface area contributed by atoms with Crippen molar-refractivity contribution in [3.05, 3.63) is 81.3 Å². The summed E-state index contributed by atoms with van der Waals surface area (Å²) >= 11 is 0. The summed E-state index contributed by atoms with van der Waals surface area (Å²) in [5, 5.41) is 10.9. The number of nitro groups is 1. The Morgan fingerprint density at radius 2 is 1.75 bits per heavy atom. The van der Waals surface area contributed by atoms with Crippen LogP contribution in [0.15, 0.2) is 59.8 Å². The van der Waals surface area contributed by atoms with Crippen molar-refractivity contribution in [1.29, 1.82) is 0 Å². The van der Waals surface area contributed by atoms with E-state index in [-0.39, 0.29) is 29.5 Å². The molecule has 0 radical (unpaired) electrons. The van der Waals surface area contributed by atoms with Gasteiger partial charge in [0.05, 0.1) is 10.6 Å². The fourth-order valence-electron chi connectivity index (χ4n) is 4.02. The average molecular weight is 380 g/mol. The van der Waals surface area contributed by atoms with Crippen LogP contribution in [0.25, 0.3) is 0 Å². The number of carbonyl (C=O) groups excluding carboxylic acids is 2. The van der Waals surface area contributed by atoms with E-state index in [0.29, 0.717) is 36.1 Å². The highest BCUT2D eigenvalue weighted by molar-refractivity contribution is 6.07. The van der Waals surface area contributed by atoms with Crippen LogP contribution in [0.3, 0.4) is 0 Å². The number of Topliss-reactive ketones (excluding diaryl/α,β-unsaturated/α-hetero) is 1. The number of hydrogen-bond donors (Lipinski definition) is 0. The molecule has 2 aliphatic rings. The van der Waals surface area contributed by atoms with E-state index in [2.05, 4.69) is 0 Å². The van der Waals surface area contributed by atoms with E-state index >= 15 is 0 Å². The van der Waals surface area contributed by atoms with Gasteiger partial charge in [0.25, 0.3) is 5.69 Å². The van der Waals surface area contributed by atoms with Crippen LogP contribution in [0.4, 0.5) is 15.8 Å². The summed E-state index contributed by atoms with van der Waals surface area (Å²) in [7, 11) is 0. The average Bonchev–Trinajstić information content (AvgIpc) is 2.68. The summed E-state index contributed by atoms with van der Waals surface area (Å²) in [6, 6.07) is 11.9. The predicted octanol–water partition coefficient (Wildman–Crippen LogP) is 4.26. The first-order valence-electron chi connectivity index (χ1n) is 9.05. The van der Waals surface area contributed by atoms with Gasteiger partial charge in [0.2, 0.25) is 5.91 Å². The summed E-state index contributed by atoms with van der Waals surface area (Å²) in [4.78, 5) is 37.5. The van der Waals surface area contributed by atoms with Gasteiger partial charge in [-0.2, -0.15) is 0 Å². The maximum absolute atomic E-state index is 14.4. The molecule has 0 aromatic heterocycles. The van der Waals surface area contributed by atoms with Crippen LogP contribution in [0.1, 0.15) is 37.2 Å². The zero-order valence-electron chi connectivity index (χ0n) is 14.9. The Bertz CT molecular complexity index is 1010. The Hall–Kier alpha value is -3.35. The number of non-ortho nitro benzene ring substituents is 1. The van der Waals surface area contributed by atoms with Gasteiger partial charge in [-0.15, -0.1) is 0 Å². The molecule has 7 heteroatoms. The normalized spacial score (nSPS) is 19.6. The molecule has 0 bridgehead atoms. The summed E-state index contributed by atoms with van der Waals surface area (Å²) in [6.45, 7) is 0. The van der Waals surface area contributed by atoms with Gasteiger partial charge in [0.15, 0.2) is 5.78 Å². The number of benzene rings is 2. The molecule has 142 valence electrons. The minimum absolute atomic E-state index is 0.0106. The topological polar surface area (TPSA) is 80.5 Å². The third kappa shape index (κ3) is 2.98. The maximum atomic E-state index is 14.4. The lowest BCUT2D eigenvalue weighted by Gasteiger charge is -2.38. The minimum Gasteiger partial charge on any atom is -0.294 e. The number of rotatable bonds is 3. The molecule has 0 N–H and O–H groups in total. The van der Waals surface area contributed by atoms with Gasteiger partial charge >= 0.3 is 0 Å². The SMILES string of the molecule is O=C1CCCC2=C1[C@H](c1ccc([N+](=O)[O-])cc1)CC(=O)N2c1ccccc1F. The van der Waals surface area contributed by atoms with E-state index in [0.717, 1.165) is 0 Å². The van der Waals surface area contributed by atoms with E-state index < -0.39 is 16.7 Å². The number of ketones is 1. The van der Waals surface area contributed by atoms with Gasteiger partial charge in [0.1, 0.15) is 5.82 Å². The molecule has 2 aromatic carbocycles. The van der Waals surface area contributed by atoms with Crippen LogP contribution in [0, 0.1) is 15.9 Å². The number of carbonyl (C=O) groups is 2. The van der Waals surface area contributed by atoms with Crippen LogP contribution < -0.4 is 4.90 Å². The van der Waals surface area contributed by atoms with Gasteiger partial charge in [0, 0.05) is 42.2 Å². The molecule has 6 nitrogen and oxygen atoms in total. The molecule has 0 unspecified atom stereocenters. The monoisotopic (exact) mass is 380 g/mol. The van der Waals surface area contributed by atoms with E-state index in [9.17, 15) is 24.1 Å². The first-order chi connectivity index (χ1) is 13.5. The molecule has 1 amide bonds. The highest BCUT2D eigenvalue weighted by Gasteiger charge is 2.40. The lowest BCUT2D eigenvalue weighted by molar-refractivity contribution is -0.384. The number of allylic oxidation sites excluding steroid dienone is 2. The first-order valence-corrected chi connectivity index (χ1v) is 9.05. The van der Waals surface area contributed by atoms with Crippen molar-refractivity contribution in [3.63, 3.8) is 0 Å². The fraction of sp³-hybridized carbons (Fsp3) is 0.238. The second-order valence-corrected chi connectivity index (χ2v) is 6.92. The summed E-state index contributed by atoms with van der Waals surface area (Å²) in [6.07, 6.45) is 1.49. The Morgan fingerprint density at radius 1 is 1.04 bits per heavy atom. The Labute approximate surface area is 160 Å². The molecule has 0 saturated carbocycles. The lowest BCUT2D eigenvalue weighted by atomic mass is 9.77. The number of nitro benzene ring substituents is 1. The molecule has 0 spiro atoms. The molecule has 28 heavy (non-hydrogen) atoms. The van der Waals surface area contributed by atoms with E-state index in [1.165, 1.54) is 29.2 Å². The van der Waals surface area contributed by atoms with Crippen molar-refractivity contribution in [2.45, 2.75) is 31.6 Å². The van der Waals surface area contributed by atoms with E-state index in [1.807, 2.05) is 0 Å². The smallest absolute Gasteiger partial charge is 0.269 e. The van der Waals surface area contributed by atoms with Crippen LogP contribution in [-0.2, 0) is 9.59 Å². The molecule has 4 rings (SSSR count). The van der Waals surface area contributed by atoms with Crippen LogP contribution >= 0.6 is 0 Å². The zero-order valence-corrected chi connectivity index (χ0v) is 14.9.